The first kappa shape index (κ1) is 21.7. The van der Waals surface area contributed by atoms with Gasteiger partial charge in [0.15, 0.2) is 0 Å². The molecule has 28 heavy (non-hydrogen) atoms. The van der Waals surface area contributed by atoms with Gasteiger partial charge in [0.25, 0.3) is 5.91 Å². The number of amides is 1. The fourth-order valence-electron chi connectivity index (χ4n) is 3.48. The van der Waals surface area contributed by atoms with E-state index in [2.05, 4.69) is 16.3 Å². The maximum absolute atomic E-state index is 12.2. The summed E-state index contributed by atoms with van der Waals surface area (Å²) in [7, 11) is 0. The van der Waals surface area contributed by atoms with Gasteiger partial charge in [0.1, 0.15) is 0 Å². The minimum absolute atomic E-state index is 0.131. The van der Waals surface area contributed by atoms with Crippen molar-refractivity contribution in [2.45, 2.75) is 19.3 Å². The molecular weight excluding hydrogens is 438 g/mol. The van der Waals surface area contributed by atoms with Crippen molar-refractivity contribution in [2.75, 3.05) is 26.2 Å². The Labute approximate surface area is 185 Å². The van der Waals surface area contributed by atoms with Crippen LogP contribution in [0, 0.1) is 5.92 Å². The van der Waals surface area contributed by atoms with Crippen molar-refractivity contribution in [3.8, 4) is 0 Å². The quantitative estimate of drug-likeness (QED) is 0.575. The highest BCUT2D eigenvalue weighted by Crippen LogP contribution is 2.27. The second kappa shape index (κ2) is 10.2. The predicted molar refractivity (Wildman–Crippen MR) is 118 cm³/mol. The van der Waals surface area contributed by atoms with Crippen LogP contribution in [0.5, 0.6) is 0 Å². The Morgan fingerprint density at radius 1 is 0.929 bits per heavy atom. The van der Waals surface area contributed by atoms with Crippen LogP contribution in [-0.2, 0) is 6.42 Å². The van der Waals surface area contributed by atoms with E-state index in [4.69, 9.17) is 46.4 Å². The second-order valence-corrected chi connectivity index (χ2v) is 8.75. The molecule has 1 N–H and O–H groups in total. The highest BCUT2D eigenvalue weighted by atomic mass is 35.5. The molecule has 7 heteroatoms. The Hall–Kier alpha value is -0.970. The van der Waals surface area contributed by atoms with Gasteiger partial charge in [-0.05, 0) is 74.2 Å². The average Bonchev–Trinajstić information content (AvgIpc) is 2.68. The third-order valence-electron chi connectivity index (χ3n) is 5.11. The molecule has 0 unspecified atom stereocenters. The summed E-state index contributed by atoms with van der Waals surface area (Å²) in [6.45, 7) is 3.52. The highest BCUT2D eigenvalue weighted by Gasteiger charge is 2.19. The molecule has 1 aliphatic rings. The van der Waals surface area contributed by atoms with Gasteiger partial charge in [0.05, 0.1) is 20.1 Å². The van der Waals surface area contributed by atoms with E-state index in [0.717, 1.165) is 38.9 Å². The molecule has 150 valence electrons. The first-order valence-electron chi connectivity index (χ1n) is 9.32. The number of benzene rings is 2. The summed E-state index contributed by atoms with van der Waals surface area (Å²) in [5.74, 6) is 0.521. The molecule has 0 aliphatic carbocycles. The summed E-state index contributed by atoms with van der Waals surface area (Å²) in [4.78, 5) is 14.6. The third kappa shape index (κ3) is 6.01. The van der Waals surface area contributed by atoms with Crippen LogP contribution in [0.25, 0.3) is 0 Å². The number of likely N-dealkylation sites (tertiary alicyclic amines) is 1. The molecule has 0 spiro atoms. The topological polar surface area (TPSA) is 32.3 Å². The number of halogens is 4. The van der Waals surface area contributed by atoms with E-state index in [1.54, 1.807) is 18.2 Å². The van der Waals surface area contributed by atoms with Crippen LogP contribution in [0.15, 0.2) is 36.4 Å². The molecule has 0 aromatic heterocycles. The summed E-state index contributed by atoms with van der Waals surface area (Å²) >= 11 is 23.9. The average molecular weight is 460 g/mol. The van der Waals surface area contributed by atoms with Crippen LogP contribution in [-0.4, -0.2) is 37.0 Å². The Morgan fingerprint density at radius 2 is 1.57 bits per heavy atom. The van der Waals surface area contributed by atoms with E-state index in [1.165, 1.54) is 5.56 Å². The molecule has 1 aliphatic heterocycles. The number of hydrogen-bond acceptors (Lipinski definition) is 2. The maximum Gasteiger partial charge on any atom is 0.251 e. The van der Waals surface area contributed by atoms with Crippen molar-refractivity contribution in [1.82, 2.24) is 10.2 Å². The van der Waals surface area contributed by atoms with E-state index in [9.17, 15) is 4.79 Å². The summed E-state index contributed by atoms with van der Waals surface area (Å²) < 4.78 is 0. The Kier molecular flexibility index (Phi) is 7.90. The molecule has 0 radical (unpaired) electrons. The van der Waals surface area contributed by atoms with Crippen molar-refractivity contribution >= 4 is 52.3 Å². The van der Waals surface area contributed by atoms with Gasteiger partial charge in [-0.1, -0.05) is 52.5 Å². The molecule has 3 rings (SSSR count). The zero-order chi connectivity index (χ0) is 20.1. The molecule has 1 amide bonds. The largest absolute Gasteiger partial charge is 0.351 e. The van der Waals surface area contributed by atoms with Crippen LogP contribution in [0.3, 0.4) is 0 Å². The summed E-state index contributed by atoms with van der Waals surface area (Å²) in [6.07, 6.45) is 3.31. The molecule has 2 aromatic carbocycles. The van der Waals surface area contributed by atoms with Gasteiger partial charge in [-0.3, -0.25) is 4.79 Å². The Bertz CT molecular complexity index is 835. The van der Waals surface area contributed by atoms with Crippen LogP contribution in [0.1, 0.15) is 28.8 Å². The lowest BCUT2D eigenvalue weighted by Crippen LogP contribution is -2.39. The second-order valence-electron chi connectivity index (χ2n) is 7.12. The maximum atomic E-state index is 12.2. The van der Waals surface area contributed by atoms with Gasteiger partial charge in [-0.15, -0.1) is 0 Å². The molecule has 1 heterocycles. The summed E-state index contributed by atoms with van der Waals surface area (Å²) in [6, 6.07) is 10.8. The smallest absolute Gasteiger partial charge is 0.251 e. The summed E-state index contributed by atoms with van der Waals surface area (Å²) in [5.41, 5.74) is 1.76. The van der Waals surface area contributed by atoms with Gasteiger partial charge in [-0.25, -0.2) is 0 Å². The van der Waals surface area contributed by atoms with Gasteiger partial charge in [0, 0.05) is 18.7 Å². The number of piperidine rings is 1. The minimum Gasteiger partial charge on any atom is -0.351 e. The van der Waals surface area contributed by atoms with Crippen LogP contribution in [0.4, 0.5) is 0 Å². The monoisotopic (exact) mass is 458 g/mol. The van der Waals surface area contributed by atoms with Gasteiger partial charge >= 0.3 is 0 Å². The Morgan fingerprint density at radius 3 is 2.21 bits per heavy atom. The molecule has 0 bridgehead atoms. The van der Waals surface area contributed by atoms with E-state index < -0.39 is 0 Å². The number of nitrogens with zero attached hydrogens (tertiary/aromatic N) is 1. The number of hydrogen-bond donors (Lipinski definition) is 1. The molecular formula is C21H22Cl4N2O. The van der Waals surface area contributed by atoms with Crippen LogP contribution < -0.4 is 5.32 Å². The third-order valence-corrected chi connectivity index (χ3v) is 6.59. The van der Waals surface area contributed by atoms with Crippen molar-refractivity contribution in [2.24, 2.45) is 5.92 Å². The molecule has 1 fully saturated rings. The lowest BCUT2D eigenvalue weighted by molar-refractivity contribution is 0.0944. The zero-order valence-corrected chi connectivity index (χ0v) is 18.4. The van der Waals surface area contributed by atoms with E-state index >= 15 is 0 Å². The Balaban J connectivity index is 1.39. The molecule has 1 saturated heterocycles. The fraction of sp³-hybridized carbons (Fsp3) is 0.381. The van der Waals surface area contributed by atoms with Gasteiger partial charge < -0.3 is 10.2 Å². The van der Waals surface area contributed by atoms with Crippen molar-refractivity contribution < 1.29 is 4.79 Å². The number of rotatable bonds is 6. The molecule has 2 aromatic rings. The fourth-order valence-corrected chi connectivity index (χ4v) is 4.10. The number of nitrogens with one attached hydrogen (secondary N) is 1. The van der Waals surface area contributed by atoms with E-state index in [0.29, 0.717) is 38.1 Å². The van der Waals surface area contributed by atoms with E-state index in [1.807, 2.05) is 12.1 Å². The summed E-state index contributed by atoms with van der Waals surface area (Å²) in [5, 5.41) is 5.00. The van der Waals surface area contributed by atoms with Crippen LogP contribution >= 0.6 is 46.4 Å². The SMILES string of the molecule is O=C(NCCN1CCC(Cc2ccc(Cl)c(Cl)c2)CC1)c1ccc(Cl)c(Cl)c1. The van der Waals surface area contributed by atoms with Crippen molar-refractivity contribution in [3.63, 3.8) is 0 Å². The first-order chi connectivity index (χ1) is 13.4. The highest BCUT2D eigenvalue weighted by molar-refractivity contribution is 6.42. The van der Waals surface area contributed by atoms with Crippen molar-refractivity contribution in [1.29, 1.82) is 0 Å². The number of carbonyl (C=O) groups is 1. The normalized spacial score (nSPS) is 15.6. The van der Waals surface area contributed by atoms with Gasteiger partial charge in [0.2, 0.25) is 0 Å². The van der Waals surface area contributed by atoms with Gasteiger partial charge in [-0.2, -0.15) is 0 Å². The number of carbonyl (C=O) groups excluding carboxylic acids is 1. The lowest BCUT2D eigenvalue weighted by Gasteiger charge is -2.32. The first-order valence-corrected chi connectivity index (χ1v) is 10.8. The standard InChI is InChI=1S/C21H22Cl4N2O/c22-17-3-1-15(12-19(17)24)11-14-5-8-27(9-6-14)10-7-26-21(28)16-2-4-18(23)20(25)13-16/h1-4,12-14H,5-11H2,(H,26,28). The minimum atomic E-state index is -0.131. The zero-order valence-electron chi connectivity index (χ0n) is 15.4. The molecule has 0 atom stereocenters. The van der Waals surface area contributed by atoms with Crippen molar-refractivity contribution in [3.05, 3.63) is 67.6 Å². The predicted octanol–water partition coefficient (Wildman–Crippen LogP) is 5.98. The molecule has 0 saturated carbocycles. The van der Waals surface area contributed by atoms with E-state index in [-0.39, 0.29) is 5.91 Å². The molecule has 3 nitrogen and oxygen atoms in total. The lowest BCUT2D eigenvalue weighted by atomic mass is 9.90. The van der Waals surface area contributed by atoms with Crippen LogP contribution in [0.2, 0.25) is 20.1 Å².